The monoisotopic (exact) mass is 312 g/mol. The van der Waals surface area contributed by atoms with Crippen LogP contribution in [0.15, 0.2) is 60.7 Å². The molecule has 3 nitrogen and oxygen atoms in total. The summed E-state index contributed by atoms with van der Waals surface area (Å²) in [5.41, 5.74) is 3.94. The van der Waals surface area contributed by atoms with Gasteiger partial charge in [-0.2, -0.15) is 0 Å². The van der Waals surface area contributed by atoms with Crippen LogP contribution in [0.2, 0.25) is 13.1 Å². The third-order valence-electron chi connectivity index (χ3n) is 4.41. The molecule has 0 fully saturated rings. The summed E-state index contributed by atoms with van der Waals surface area (Å²) in [7, 11) is -1.75. The van der Waals surface area contributed by atoms with Crippen molar-refractivity contribution in [1.29, 1.82) is 0 Å². The van der Waals surface area contributed by atoms with Crippen molar-refractivity contribution < 1.29 is 4.79 Å². The van der Waals surface area contributed by atoms with Crippen LogP contribution >= 0.6 is 0 Å². The zero-order valence-corrected chi connectivity index (χ0v) is 14.3. The molecule has 0 spiro atoms. The molecule has 3 N–H and O–H groups in total. The summed E-state index contributed by atoms with van der Waals surface area (Å²) in [4.78, 5) is 11.6. The summed E-state index contributed by atoms with van der Waals surface area (Å²) in [5, 5.41) is 1.41. The summed E-state index contributed by atoms with van der Waals surface area (Å²) < 4.78 is 0. The summed E-state index contributed by atoms with van der Waals surface area (Å²) >= 11 is 0. The molecule has 0 bridgehead atoms. The first-order chi connectivity index (χ1) is 10.6. The highest BCUT2D eigenvalue weighted by Crippen LogP contribution is 2.31. The Kier molecular flexibility index (Phi) is 5.52. The Hall–Kier alpha value is -1.91. The van der Waals surface area contributed by atoms with E-state index < -0.39 is 8.07 Å². The fourth-order valence-corrected chi connectivity index (χ4v) is 6.39. The third-order valence-corrected chi connectivity index (χ3v) is 8.60. The Labute approximate surface area is 133 Å². The first-order valence-corrected chi connectivity index (χ1v) is 10.7. The zero-order chi connectivity index (χ0) is 16.0. The first kappa shape index (κ1) is 16.5. The van der Waals surface area contributed by atoms with Crippen LogP contribution in [-0.2, 0) is 4.79 Å². The number of amides is 1. The molecule has 1 unspecified atom stereocenters. The van der Waals surface area contributed by atoms with E-state index in [0.29, 0.717) is 12.0 Å². The molecule has 0 heterocycles. The van der Waals surface area contributed by atoms with E-state index in [1.165, 1.54) is 10.8 Å². The fourth-order valence-electron chi connectivity index (χ4n) is 3.05. The van der Waals surface area contributed by atoms with Crippen molar-refractivity contribution in [3.63, 3.8) is 0 Å². The second-order valence-electron chi connectivity index (χ2n) is 6.16. The number of hydrogen-bond acceptors (Lipinski definition) is 2. The minimum Gasteiger partial charge on any atom is -0.294 e. The van der Waals surface area contributed by atoms with E-state index in [1.807, 2.05) is 12.1 Å². The van der Waals surface area contributed by atoms with Crippen molar-refractivity contribution in [3.05, 3.63) is 66.2 Å². The maximum atomic E-state index is 11.6. The van der Waals surface area contributed by atoms with Gasteiger partial charge in [-0.1, -0.05) is 78.9 Å². The molecule has 2 aromatic rings. The number of benzene rings is 2. The molecule has 0 aliphatic carbocycles. The normalized spacial score (nSPS) is 12.7. The van der Waals surface area contributed by atoms with Crippen LogP contribution in [0.1, 0.15) is 23.9 Å². The van der Waals surface area contributed by atoms with Crippen LogP contribution in [-0.4, -0.2) is 14.0 Å². The lowest BCUT2D eigenvalue weighted by Crippen LogP contribution is -2.48. The average molecular weight is 312 g/mol. The van der Waals surface area contributed by atoms with Crippen molar-refractivity contribution in [1.82, 2.24) is 5.43 Å². The first-order valence-electron chi connectivity index (χ1n) is 7.65. The molecule has 0 aliphatic rings. The highest BCUT2D eigenvalue weighted by molar-refractivity contribution is 6.90. The number of rotatable bonds is 6. The lowest BCUT2D eigenvalue weighted by molar-refractivity contribution is -0.121. The van der Waals surface area contributed by atoms with E-state index in [4.69, 9.17) is 5.84 Å². The molecular weight excluding hydrogens is 288 g/mol. The molecule has 22 heavy (non-hydrogen) atoms. The van der Waals surface area contributed by atoms with Gasteiger partial charge in [-0.15, -0.1) is 0 Å². The maximum absolute atomic E-state index is 11.6. The lowest BCUT2D eigenvalue weighted by Gasteiger charge is -2.33. The minimum atomic E-state index is -1.75. The summed E-state index contributed by atoms with van der Waals surface area (Å²) in [6.07, 6.45) is 1.28. The molecule has 0 aromatic heterocycles. The number of hydrazine groups is 1. The van der Waals surface area contributed by atoms with Crippen LogP contribution in [0.4, 0.5) is 0 Å². The predicted octanol–water partition coefficient (Wildman–Crippen LogP) is 2.70. The van der Waals surface area contributed by atoms with Crippen molar-refractivity contribution in [2.45, 2.75) is 31.5 Å². The molecular formula is C18H24N2OSi. The van der Waals surface area contributed by atoms with Gasteiger partial charge < -0.3 is 0 Å². The lowest BCUT2D eigenvalue weighted by atomic mass is 10.1. The van der Waals surface area contributed by atoms with Crippen molar-refractivity contribution in [2.75, 3.05) is 0 Å². The van der Waals surface area contributed by atoms with Crippen molar-refractivity contribution in [3.8, 4) is 0 Å². The Balaban J connectivity index is 2.33. The van der Waals surface area contributed by atoms with E-state index in [1.54, 1.807) is 0 Å². The smallest absolute Gasteiger partial charge is 0.233 e. The van der Waals surface area contributed by atoms with Crippen LogP contribution in [0.5, 0.6) is 0 Å². The van der Waals surface area contributed by atoms with Gasteiger partial charge in [0.15, 0.2) is 0 Å². The Bertz CT molecular complexity index is 599. The molecule has 2 rings (SSSR count). The van der Waals surface area contributed by atoms with E-state index in [9.17, 15) is 4.79 Å². The Morgan fingerprint density at radius 1 is 1.05 bits per heavy atom. The zero-order valence-electron chi connectivity index (χ0n) is 13.3. The molecule has 1 atom stereocenters. The summed E-state index contributed by atoms with van der Waals surface area (Å²) in [6.45, 7) is 4.75. The van der Waals surface area contributed by atoms with Crippen LogP contribution < -0.4 is 16.5 Å². The second kappa shape index (κ2) is 7.38. The quantitative estimate of drug-likeness (QED) is 0.373. The average Bonchev–Trinajstić information content (AvgIpc) is 2.56. The van der Waals surface area contributed by atoms with E-state index >= 15 is 0 Å². The predicted molar refractivity (Wildman–Crippen MR) is 94.3 cm³/mol. The van der Waals surface area contributed by atoms with E-state index in [-0.39, 0.29) is 5.91 Å². The molecule has 2 aromatic carbocycles. The van der Waals surface area contributed by atoms with Gasteiger partial charge >= 0.3 is 0 Å². The van der Waals surface area contributed by atoms with Crippen LogP contribution in [0, 0.1) is 0 Å². The SMILES string of the molecule is C[Si](C)(c1ccccc1)C(CCC(=O)NN)c1ccccc1. The topological polar surface area (TPSA) is 55.1 Å². The number of carbonyl (C=O) groups excluding carboxylic acids is 1. The summed E-state index contributed by atoms with van der Waals surface area (Å²) in [6, 6.07) is 21.2. The molecule has 0 aliphatic heterocycles. The maximum Gasteiger partial charge on any atom is 0.233 e. The molecule has 1 amide bonds. The molecule has 0 radical (unpaired) electrons. The number of carbonyl (C=O) groups is 1. The van der Waals surface area contributed by atoms with E-state index in [0.717, 1.165) is 6.42 Å². The Morgan fingerprint density at radius 2 is 1.59 bits per heavy atom. The van der Waals surface area contributed by atoms with E-state index in [2.05, 4.69) is 67.1 Å². The Morgan fingerprint density at radius 3 is 2.14 bits per heavy atom. The summed E-state index contributed by atoms with van der Waals surface area (Å²) in [5.74, 6) is 5.13. The third kappa shape index (κ3) is 3.84. The second-order valence-corrected chi connectivity index (χ2v) is 10.9. The number of nitrogens with two attached hydrogens (primary N) is 1. The van der Waals surface area contributed by atoms with Gasteiger partial charge in [-0.3, -0.25) is 10.2 Å². The standard InChI is InChI=1S/C18H24N2OSi/c1-22(2,16-11-7-4-8-12-16)17(13-14-18(21)20-19)15-9-5-3-6-10-15/h3-12,17H,13-14,19H2,1-2H3,(H,20,21). The highest BCUT2D eigenvalue weighted by atomic mass is 28.3. The van der Waals surface area contributed by atoms with Gasteiger partial charge in [0.1, 0.15) is 0 Å². The number of nitrogens with one attached hydrogen (secondary N) is 1. The minimum absolute atomic E-state index is 0.0983. The van der Waals surface area contributed by atoms with Gasteiger partial charge in [0.2, 0.25) is 5.91 Å². The molecule has 4 heteroatoms. The largest absolute Gasteiger partial charge is 0.294 e. The van der Waals surface area contributed by atoms with Gasteiger partial charge in [0, 0.05) is 6.42 Å². The molecule has 116 valence electrons. The highest BCUT2D eigenvalue weighted by Gasteiger charge is 2.34. The van der Waals surface area contributed by atoms with Gasteiger partial charge in [0.25, 0.3) is 0 Å². The van der Waals surface area contributed by atoms with Gasteiger partial charge in [-0.25, -0.2) is 5.84 Å². The number of hydrogen-bond donors (Lipinski definition) is 2. The molecule has 0 saturated carbocycles. The van der Waals surface area contributed by atoms with Gasteiger partial charge in [0.05, 0.1) is 8.07 Å². The van der Waals surface area contributed by atoms with Crippen LogP contribution in [0.3, 0.4) is 0 Å². The van der Waals surface area contributed by atoms with Crippen molar-refractivity contribution >= 4 is 19.2 Å². The van der Waals surface area contributed by atoms with Crippen molar-refractivity contribution in [2.24, 2.45) is 5.84 Å². The fraction of sp³-hybridized carbons (Fsp3) is 0.278. The van der Waals surface area contributed by atoms with Gasteiger partial charge in [-0.05, 0) is 17.5 Å². The van der Waals surface area contributed by atoms with Crippen LogP contribution in [0.25, 0.3) is 0 Å². The molecule has 0 saturated heterocycles.